The maximum absolute atomic E-state index is 6.01. The molecule has 3 rings (SSSR count). The number of allylic oxidation sites excluding steroid dienone is 1. The summed E-state index contributed by atoms with van der Waals surface area (Å²) in [5, 5.41) is 0. The summed E-state index contributed by atoms with van der Waals surface area (Å²) in [4.78, 5) is 0. The summed E-state index contributed by atoms with van der Waals surface area (Å²) >= 11 is 0. The Morgan fingerprint density at radius 2 is 1.65 bits per heavy atom. The Balaban J connectivity index is 1.48. The predicted octanol–water partition coefficient (Wildman–Crippen LogP) is 6.35. The minimum absolute atomic E-state index is 0.593. The Morgan fingerprint density at radius 3 is 2.26 bits per heavy atom. The molecule has 1 fully saturated rings. The van der Waals surface area contributed by atoms with Crippen molar-refractivity contribution in [1.29, 1.82) is 0 Å². The highest BCUT2D eigenvalue weighted by molar-refractivity contribution is 5.29. The van der Waals surface area contributed by atoms with Crippen LogP contribution >= 0.6 is 0 Å². The van der Waals surface area contributed by atoms with E-state index in [9.17, 15) is 0 Å². The van der Waals surface area contributed by atoms with E-state index in [-0.39, 0.29) is 0 Å². The molecular formula is C22H32O. The van der Waals surface area contributed by atoms with Gasteiger partial charge in [-0.1, -0.05) is 44.6 Å². The molecule has 0 amide bonds. The van der Waals surface area contributed by atoms with Crippen molar-refractivity contribution in [1.82, 2.24) is 0 Å². The van der Waals surface area contributed by atoms with E-state index < -0.39 is 0 Å². The lowest BCUT2D eigenvalue weighted by molar-refractivity contribution is 0.257. The van der Waals surface area contributed by atoms with E-state index in [2.05, 4.69) is 50.3 Å². The van der Waals surface area contributed by atoms with Gasteiger partial charge in [-0.2, -0.15) is 0 Å². The number of hydrogen-bond acceptors (Lipinski definition) is 1. The molecule has 1 aromatic rings. The molecule has 2 atom stereocenters. The molecule has 1 heteroatoms. The molecule has 1 nitrogen and oxygen atoms in total. The summed E-state index contributed by atoms with van der Waals surface area (Å²) in [5.74, 6) is 4.11. The van der Waals surface area contributed by atoms with E-state index in [1.807, 2.05) is 0 Å². The fraction of sp³-hybridized carbons (Fsp3) is 0.636. The van der Waals surface area contributed by atoms with E-state index in [0.717, 1.165) is 30.1 Å². The zero-order valence-corrected chi connectivity index (χ0v) is 14.8. The second-order valence-corrected chi connectivity index (χ2v) is 7.71. The second-order valence-electron chi connectivity index (χ2n) is 7.71. The van der Waals surface area contributed by atoms with Gasteiger partial charge in [0, 0.05) is 5.92 Å². The largest absolute Gasteiger partial charge is 0.493 e. The Morgan fingerprint density at radius 1 is 0.913 bits per heavy atom. The number of rotatable bonds is 5. The summed E-state index contributed by atoms with van der Waals surface area (Å²) in [7, 11) is 0. The molecular weight excluding hydrogens is 280 g/mol. The van der Waals surface area contributed by atoms with Crippen molar-refractivity contribution in [3.05, 3.63) is 42.0 Å². The van der Waals surface area contributed by atoms with Gasteiger partial charge in [-0.05, 0) is 74.0 Å². The Labute approximate surface area is 142 Å². The first kappa shape index (κ1) is 16.6. The number of hydrogen-bond donors (Lipinski definition) is 0. The van der Waals surface area contributed by atoms with Crippen molar-refractivity contribution in [2.45, 2.75) is 64.7 Å². The van der Waals surface area contributed by atoms with Gasteiger partial charge in [0.05, 0.1) is 6.61 Å². The Hall–Kier alpha value is -1.24. The first-order valence-corrected chi connectivity index (χ1v) is 9.65. The first-order valence-electron chi connectivity index (χ1n) is 9.65. The van der Waals surface area contributed by atoms with E-state index in [0.29, 0.717) is 5.92 Å². The third-order valence-electron chi connectivity index (χ3n) is 5.94. The van der Waals surface area contributed by atoms with Crippen LogP contribution in [0.5, 0.6) is 5.75 Å². The quantitative estimate of drug-likeness (QED) is 0.575. The highest BCUT2D eigenvalue weighted by Crippen LogP contribution is 2.37. The summed E-state index contributed by atoms with van der Waals surface area (Å²) in [5.41, 5.74) is 1.51. The predicted molar refractivity (Wildman–Crippen MR) is 98.0 cm³/mol. The van der Waals surface area contributed by atoms with Gasteiger partial charge in [-0.25, -0.2) is 0 Å². The van der Waals surface area contributed by atoms with Crippen LogP contribution < -0.4 is 4.74 Å². The minimum Gasteiger partial charge on any atom is -0.493 e. The van der Waals surface area contributed by atoms with E-state index >= 15 is 0 Å². The maximum Gasteiger partial charge on any atom is 0.119 e. The van der Waals surface area contributed by atoms with Gasteiger partial charge in [-0.3, -0.25) is 0 Å². The molecule has 0 radical (unpaired) electrons. The normalized spacial score (nSPS) is 31.0. The minimum atomic E-state index is 0.593. The maximum atomic E-state index is 6.01. The molecule has 0 spiro atoms. The molecule has 2 aliphatic carbocycles. The van der Waals surface area contributed by atoms with Crippen molar-refractivity contribution in [3.8, 4) is 5.75 Å². The molecule has 23 heavy (non-hydrogen) atoms. The van der Waals surface area contributed by atoms with Gasteiger partial charge < -0.3 is 4.74 Å². The van der Waals surface area contributed by atoms with E-state index in [4.69, 9.17) is 4.74 Å². The molecule has 0 aromatic heterocycles. The highest BCUT2D eigenvalue weighted by atomic mass is 16.5. The molecule has 2 unspecified atom stereocenters. The molecule has 1 aromatic carbocycles. The lowest BCUT2D eigenvalue weighted by atomic mass is 9.78. The monoisotopic (exact) mass is 312 g/mol. The van der Waals surface area contributed by atoms with Gasteiger partial charge in [-0.15, -0.1) is 0 Å². The average molecular weight is 312 g/mol. The van der Waals surface area contributed by atoms with E-state index in [1.165, 1.54) is 50.5 Å². The third kappa shape index (κ3) is 4.62. The lowest BCUT2D eigenvalue weighted by Gasteiger charge is -2.28. The van der Waals surface area contributed by atoms with Crippen LogP contribution in [0.2, 0.25) is 0 Å². The van der Waals surface area contributed by atoms with Crippen LogP contribution in [0, 0.1) is 17.8 Å². The van der Waals surface area contributed by atoms with Crippen LogP contribution in [0.4, 0.5) is 0 Å². The van der Waals surface area contributed by atoms with Gasteiger partial charge in [0.15, 0.2) is 0 Å². The zero-order chi connectivity index (χ0) is 16.1. The number of benzene rings is 1. The standard InChI is InChI=1S/C22H32O/c1-3-18-8-10-20(11-9-18)21-12-14-22(15-13-21)23-16-19-6-4-17(2)5-7-19/h4,6,12-15,17-20H,3,5,7-11,16H2,1-2H3. The van der Waals surface area contributed by atoms with Gasteiger partial charge >= 0.3 is 0 Å². The van der Waals surface area contributed by atoms with Crippen LogP contribution in [0.3, 0.4) is 0 Å². The average Bonchev–Trinajstić information content (AvgIpc) is 2.62. The second kappa shape index (κ2) is 8.04. The Bertz CT molecular complexity index is 493. The molecule has 0 N–H and O–H groups in total. The SMILES string of the molecule is CCC1CCC(c2ccc(OCC3C=CC(C)CC3)cc2)CC1. The molecule has 1 saturated carbocycles. The van der Waals surface area contributed by atoms with E-state index in [1.54, 1.807) is 0 Å². The molecule has 0 aliphatic heterocycles. The Kier molecular flexibility index (Phi) is 5.80. The van der Waals surface area contributed by atoms with Gasteiger partial charge in [0.25, 0.3) is 0 Å². The highest BCUT2D eigenvalue weighted by Gasteiger charge is 2.21. The first-order chi connectivity index (χ1) is 11.2. The van der Waals surface area contributed by atoms with Crippen molar-refractivity contribution in [3.63, 3.8) is 0 Å². The molecule has 126 valence electrons. The van der Waals surface area contributed by atoms with Crippen molar-refractivity contribution in [2.75, 3.05) is 6.61 Å². The summed E-state index contributed by atoms with van der Waals surface area (Å²) in [6.45, 7) is 5.45. The van der Waals surface area contributed by atoms with Crippen LogP contribution in [0.15, 0.2) is 36.4 Å². The van der Waals surface area contributed by atoms with Gasteiger partial charge in [0.1, 0.15) is 5.75 Å². The van der Waals surface area contributed by atoms with Crippen molar-refractivity contribution >= 4 is 0 Å². The van der Waals surface area contributed by atoms with Crippen LogP contribution in [-0.4, -0.2) is 6.61 Å². The lowest BCUT2D eigenvalue weighted by Crippen LogP contribution is -2.14. The zero-order valence-electron chi connectivity index (χ0n) is 14.8. The van der Waals surface area contributed by atoms with Crippen molar-refractivity contribution < 1.29 is 4.74 Å². The summed E-state index contributed by atoms with van der Waals surface area (Å²) in [6.07, 6.45) is 14.1. The van der Waals surface area contributed by atoms with Crippen LogP contribution in [0.1, 0.15) is 70.3 Å². The molecule has 0 bridgehead atoms. The molecule has 0 heterocycles. The van der Waals surface area contributed by atoms with Crippen molar-refractivity contribution in [2.24, 2.45) is 17.8 Å². The smallest absolute Gasteiger partial charge is 0.119 e. The fourth-order valence-corrected chi connectivity index (χ4v) is 4.10. The summed E-state index contributed by atoms with van der Waals surface area (Å²) in [6, 6.07) is 8.95. The molecule has 2 aliphatic rings. The topological polar surface area (TPSA) is 9.23 Å². The van der Waals surface area contributed by atoms with Crippen LogP contribution in [0.25, 0.3) is 0 Å². The van der Waals surface area contributed by atoms with Crippen LogP contribution in [-0.2, 0) is 0 Å². The van der Waals surface area contributed by atoms with Gasteiger partial charge in [0.2, 0.25) is 0 Å². The molecule has 0 saturated heterocycles. The number of ether oxygens (including phenoxy) is 1. The fourth-order valence-electron chi connectivity index (χ4n) is 4.10. The third-order valence-corrected chi connectivity index (χ3v) is 5.94. The summed E-state index contributed by atoms with van der Waals surface area (Å²) < 4.78 is 6.01.